The van der Waals surface area contributed by atoms with E-state index in [1.807, 2.05) is 10.8 Å². The van der Waals surface area contributed by atoms with Gasteiger partial charge >= 0.3 is 0 Å². The zero-order valence-corrected chi connectivity index (χ0v) is 6.73. The molecule has 0 saturated heterocycles. The minimum Gasteiger partial charge on any atom is -0.354 e. The number of nitrogens with zero attached hydrogens (tertiary/aromatic N) is 2. The second kappa shape index (κ2) is 4.10. The van der Waals surface area contributed by atoms with Crippen LogP contribution in [-0.4, -0.2) is 30.1 Å². The molecule has 0 fully saturated rings. The Morgan fingerprint density at radius 3 is 2.64 bits per heavy atom. The molecule has 0 spiro atoms. The van der Waals surface area contributed by atoms with Crippen molar-refractivity contribution >= 4 is 0 Å². The SMILES string of the molecule is COC(Cn1ccnc1)OC. The molecule has 0 bridgehead atoms. The lowest BCUT2D eigenvalue weighted by Crippen LogP contribution is -2.19. The second-order valence-corrected chi connectivity index (χ2v) is 2.16. The van der Waals surface area contributed by atoms with Crippen molar-refractivity contribution in [3.63, 3.8) is 0 Å². The van der Waals surface area contributed by atoms with Crippen molar-refractivity contribution < 1.29 is 9.47 Å². The van der Waals surface area contributed by atoms with Crippen LogP contribution in [0.2, 0.25) is 0 Å². The molecule has 0 aliphatic heterocycles. The number of aromatic nitrogens is 2. The van der Waals surface area contributed by atoms with E-state index in [1.165, 1.54) is 0 Å². The fraction of sp³-hybridized carbons (Fsp3) is 0.571. The Morgan fingerprint density at radius 2 is 2.18 bits per heavy atom. The third-order valence-corrected chi connectivity index (χ3v) is 1.44. The summed E-state index contributed by atoms with van der Waals surface area (Å²) in [5, 5.41) is 0. The van der Waals surface area contributed by atoms with E-state index < -0.39 is 0 Å². The second-order valence-electron chi connectivity index (χ2n) is 2.16. The maximum Gasteiger partial charge on any atom is 0.174 e. The van der Waals surface area contributed by atoms with Gasteiger partial charge in [-0.05, 0) is 0 Å². The van der Waals surface area contributed by atoms with Crippen molar-refractivity contribution in [1.82, 2.24) is 9.55 Å². The molecule has 1 aromatic heterocycles. The largest absolute Gasteiger partial charge is 0.354 e. The summed E-state index contributed by atoms with van der Waals surface area (Å²) in [6.07, 6.45) is 5.13. The first-order chi connectivity index (χ1) is 5.36. The Labute approximate surface area is 65.8 Å². The summed E-state index contributed by atoms with van der Waals surface area (Å²) >= 11 is 0. The van der Waals surface area contributed by atoms with Crippen LogP contribution in [0.25, 0.3) is 0 Å². The fourth-order valence-electron chi connectivity index (χ4n) is 0.812. The van der Waals surface area contributed by atoms with Crippen LogP contribution in [0.15, 0.2) is 18.7 Å². The molecule has 1 aromatic rings. The number of hydrogen-bond acceptors (Lipinski definition) is 3. The lowest BCUT2D eigenvalue weighted by molar-refractivity contribution is -0.110. The molecule has 0 amide bonds. The van der Waals surface area contributed by atoms with E-state index in [0.717, 1.165) is 0 Å². The highest BCUT2D eigenvalue weighted by Crippen LogP contribution is 1.95. The van der Waals surface area contributed by atoms with Crippen molar-refractivity contribution in [2.75, 3.05) is 14.2 Å². The lowest BCUT2D eigenvalue weighted by atomic mass is 10.6. The predicted octanol–water partition coefficient (Wildman–Crippen LogP) is 0.502. The molecule has 1 heterocycles. The van der Waals surface area contributed by atoms with Gasteiger partial charge in [-0.15, -0.1) is 0 Å². The van der Waals surface area contributed by atoms with Gasteiger partial charge in [-0.2, -0.15) is 0 Å². The molecule has 0 unspecified atom stereocenters. The molecule has 0 aliphatic carbocycles. The van der Waals surface area contributed by atoms with Crippen LogP contribution < -0.4 is 0 Å². The zero-order valence-electron chi connectivity index (χ0n) is 6.73. The van der Waals surface area contributed by atoms with Crippen molar-refractivity contribution in [2.24, 2.45) is 0 Å². The number of ether oxygens (including phenoxy) is 2. The fourth-order valence-corrected chi connectivity index (χ4v) is 0.812. The van der Waals surface area contributed by atoms with Crippen LogP contribution in [0.4, 0.5) is 0 Å². The number of methoxy groups -OCH3 is 2. The summed E-state index contributed by atoms with van der Waals surface area (Å²) in [4.78, 5) is 3.90. The van der Waals surface area contributed by atoms with Gasteiger partial charge in [0.1, 0.15) is 0 Å². The van der Waals surface area contributed by atoms with E-state index in [1.54, 1.807) is 26.7 Å². The highest BCUT2D eigenvalue weighted by atomic mass is 16.7. The Bertz CT molecular complexity index is 182. The van der Waals surface area contributed by atoms with Crippen LogP contribution in [0.1, 0.15) is 0 Å². The van der Waals surface area contributed by atoms with Crippen molar-refractivity contribution in [3.8, 4) is 0 Å². The summed E-state index contributed by atoms with van der Waals surface area (Å²) in [5.41, 5.74) is 0. The molecule has 0 saturated carbocycles. The van der Waals surface area contributed by atoms with Gasteiger partial charge in [0, 0.05) is 26.6 Å². The standard InChI is InChI=1S/C7H12N2O2/c1-10-7(11-2)5-9-4-3-8-6-9/h3-4,6-7H,5H2,1-2H3. The third kappa shape index (κ3) is 2.32. The van der Waals surface area contributed by atoms with Gasteiger partial charge in [0.05, 0.1) is 12.9 Å². The van der Waals surface area contributed by atoms with Crippen molar-refractivity contribution in [2.45, 2.75) is 12.8 Å². The number of rotatable bonds is 4. The zero-order chi connectivity index (χ0) is 8.10. The molecule has 0 N–H and O–H groups in total. The highest BCUT2D eigenvalue weighted by molar-refractivity contribution is 4.74. The molecule has 1 rings (SSSR count). The molecule has 62 valence electrons. The van der Waals surface area contributed by atoms with Crippen molar-refractivity contribution in [3.05, 3.63) is 18.7 Å². The summed E-state index contributed by atoms with van der Waals surface area (Å²) in [7, 11) is 3.23. The number of imidazole rings is 1. The third-order valence-electron chi connectivity index (χ3n) is 1.44. The minimum absolute atomic E-state index is 0.191. The van der Waals surface area contributed by atoms with E-state index in [2.05, 4.69) is 4.98 Å². The molecule has 0 aromatic carbocycles. The Hall–Kier alpha value is -0.870. The summed E-state index contributed by atoms with van der Waals surface area (Å²) in [6.45, 7) is 0.674. The lowest BCUT2D eigenvalue weighted by Gasteiger charge is -2.12. The molecule has 0 atom stereocenters. The van der Waals surface area contributed by atoms with E-state index in [4.69, 9.17) is 9.47 Å². The minimum atomic E-state index is -0.191. The van der Waals surface area contributed by atoms with Gasteiger partial charge in [0.15, 0.2) is 6.29 Å². The smallest absolute Gasteiger partial charge is 0.174 e. The average Bonchev–Trinajstić information content (AvgIpc) is 2.52. The molecule has 11 heavy (non-hydrogen) atoms. The molecular weight excluding hydrogens is 144 g/mol. The normalized spacial score (nSPS) is 10.8. The quantitative estimate of drug-likeness (QED) is 0.596. The molecular formula is C7H12N2O2. The molecule has 0 aliphatic rings. The maximum absolute atomic E-state index is 5.00. The Balaban J connectivity index is 2.41. The summed E-state index contributed by atoms with van der Waals surface area (Å²) in [6, 6.07) is 0. The molecule has 0 radical (unpaired) electrons. The first-order valence-corrected chi connectivity index (χ1v) is 3.38. The summed E-state index contributed by atoms with van der Waals surface area (Å²) in [5.74, 6) is 0. The number of hydrogen-bond donors (Lipinski definition) is 0. The van der Waals surface area contributed by atoms with Gasteiger partial charge in [-0.3, -0.25) is 0 Å². The molecule has 4 heteroatoms. The Morgan fingerprint density at radius 1 is 1.45 bits per heavy atom. The highest BCUT2D eigenvalue weighted by Gasteiger charge is 2.03. The van der Waals surface area contributed by atoms with Gasteiger partial charge in [-0.25, -0.2) is 4.98 Å². The van der Waals surface area contributed by atoms with E-state index >= 15 is 0 Å². The van der Waals surface area contributed by atoms with Crippen LogP contribution in [0.5, 0.6) is 0 Å². The predicted molar refractivity (Wildman–Crippen MR) is 40.0 cm³/mol. The maximum atomic E-state index is 5.00. The summed E-state index contributed by atoms with van der Waals surface area (Å²) < 4.78 is 11.9. The topological polar surface area (TPSA) is 36.3 Å². The van der Waals surface area contributed by atoms with Crippen LogP contribution in [0.3, 0.4) is 0 Å². The van der Waals surface area contributed by atoms with E-state index in [-0.39, 0.29) is 6.29 Å². The van der Waals surface area contributed by atoms with E-state index in [9.17, 15) is 0 Å². The van der Waals surface area contributed by atoms with E-state index in [0.29, 0.717) is 6.54 Å². The van der Waals surface area contributed by atoms with Crippen molar-refractivity contribution in [1.29, 1.82) is 0 Å². The first-order valence-electron chi connectivity index (χ1n) is 3.38. The first kappa shape index (κ1) is 8.23. The van der Waals surface area contributed by atoms with Crippen LogP contribution in [0, 0.1) is 0 Å². The van der Waals surface area contributed by atoms with Crippen LogP contribution in [-0.2, 0) is 16.0 Å². The average molecular weight is 156 g/mol. The Kier molecular flexibility index (Phi) is 3.07. The van der Waals surface area contributed by atoms with Gasteiger partial charge in [0.25, 0.3) is 0 Å². The monoisotopic (exact) mass is 156 g/mol. The van der Waals surface area contributed by atoms with Crippen LogP contribution >= 0.6 is 0 Å². The molecule has 4 nitrogen and oxygen atoms in total. The van der Waals surface area contributed by atoms with Gasteiger partial charge in [-0.1, -0.05) is 0 Å². The van der Waals surface area contributed by atoms with Gasteiger partial charge in [0.2, 0.25) is 0 Å². The van der Waals surface area contributed by atoms with Gasteiger partial charge < -0.3 is 14.0 Å².